The van der Waals surface area contributed by atoms with Crippen LogP contribution in [-0.4, -0.2) is 19.0 Å². The Kier molecular flexibility index (Phi) is 4.64. The van der Waals surface area contributed by atoms with Gasteiger partial charge in [0.1, 0.15) is 0 Å². The van der Waals surface area contributed by atoms with Crippen molar-refractivity contribution in [2.24, 2.45) is 4.99 Å². The van der Waals surface area contributed by atoms with Crippen molar-refractivity contribution in [3.63, 3.8) is 0 Å². The molecule has 2 aromatic carbocycles. The number of rotatable bonds is 4. The summed E-state index contributed by atoms with van der Waals surface area (Å²) in [6.45, 7) is 3.83. The Bertz CT molecular complexity index is 664. The van der Waals surface area contributed by atoms with E-state index in [4.69, 9.17) is 11.6 Å². The van der Waals surface area contributed by atoms with Gasteiger partial charge in [-0.3, -0.25) is 4.99 Å². The third-order valence-electron chi connectivity index (χ3n) is 3.80. The van der Waals surface area contributed by atoms with Crippen LogP contribution in [0.1, 0.15) is 22.7 Å². The van der Waals surface area contributed by atoms with Gasteiger partial charge < -0.3 is 10.6 Å². The molecule has 3 nitrogen and oxygen atoms in total. The Morgan fingerprint density at radius 3 is 2.73 bits per heavy atom. The second-order valence-corrected chi connectivity index (χ2v) is 6.04. The van der Waals surface area contributed by atoms with Crippen LogP contribution in [0.5, 0.6) is 0 Å². The van der Waals surface area contributed by atoms with E-state index in [1.54, 1.807) is 0 Å². The third-order valence-corrected chi connectivity index (χ3v) is 4.03. The summed E-state index contributed by atoms with van der Waals surface area (Å²) in [5.41, 5.74) is 3.74. The summed E-state index contributed by atoms with van der Waals surface area (Å²) < 4.78 is 0. The number of benzene rings is 2. The fourth-order valence-electron chi connectivity index (χ4n) is 2.60. The van der Waals surface area contributed by atoms with Crippen LogP contribution in [-0.2, 0) is 6.42 Å². The minimum absolute atomic E-state index is 0.144. The first-order valence-corrected chi connectivity index (χ1v) is 7.94. The smallest absolute Gasteiger partial charge is 0.191 e. The van der Waals surface area contributed by atoms with Gasteiger partial charge in [0.25, 0.3) is 0 Å². The summed E-state index contributed by atoms with van der Waals surface area (Å²) in [5.74, 6) is 0.872. The minimum atomic E-state index is 0.144. The van der Waals surface area contributed by atoms with Crippen molar-refractivity contribution < 1.29 is 0 Å². The molecular formula is C18H20ClN3. The van der Waals surface area contributed by atoms with Crippen LogP contribution in [0.4, 0.5) is 0 Å². The zero-order valence-corrected chi connectivity index (χ0v) is 13.4. The van der Waals surface area contributed by atoms with E-state index in [0.29, 0.717) is 0 Å². The van der Waals surface area contributed by atoms with Gasteiger partial charge in [0.2, 0.25) is 0 Å². The number of aliphatic imine (C=N–C) groups is 1. The van der Waals surface area contributed by atoms with Gasteiger partial charge in [-0.25, -0.2) is 0 Å². The quantitative estimate of drug-likeness (QED) is 0.906. The second kappa shape index (κ2) is 6.84. The van der Waals surface area contributed by atoms with Crippen LogP contribution >= 0.6 is 11.6 Å². The summed E-state index contributed by atoms with van der Waals surface area (Å²) in [6, 6.07) is 16.8. The maximum absolute atomic E-state index is 6.16. The highest BCUT2D eigenvalue weighted by Gasteiger charge is 2.16. The number of guanidine groups is 1. The van der Waals surface area contributed by atoms with E-state index in [-0.39, 0.29) is 6.04 Å². The standard InChI is InChI=1S/C18H20ClN3/c1-13-5-7-14(8-6-13)11-17(22-18-20-9-10-21-18)15-3-2-4-16(19)12-15/h2-8,12,17H,9-11H2,1H3,(H2,20,21,22). The van der Waals surface area contributed by atoms with Crippen LogP contribution < -0.4 is 10.6 Å². The van der Waals surface area contributed by atoms with Crippen molar-refractivity contribution in [2.45, 2.75) is 19.4 Å². The van der Waals surface area contributed by atoms with Gasteiger partial charge in [-0.15, -0.1) is 0 Å². The van der Waals surface area contributed by atoms with E-state index in [1.807, 2.05) is 18.2 Å². The Balaban J connectivity index is 1.83. The predicted octanol–water partition coefficient (Wildman–Crippen LogP) is 3.48. The van der Waals surface area contributed by atoms with E-state index in [9.17, 15) is 0 Å². The van der Waals surface area contributed by atoms with E-state index in [2.05, 4.69) is 52.9 Å². The fourth-order valence-corrected chi connectivity index (χ4v) is 2.79. The number of aryl methyl sites for hydroxylation is 1. The Hall–Kier alpha value is -2.00. The van der Waals surface area contributed by atoms with Crippen LogP contribution in [0, 0.1) is 6.92 Å². The lowest BCUT2D eigenvalue weighted by Gasteiger charge is -2.21. The Morgan fingerprint density at radius 2 is 2.05 bits per heavy atom. The van der Waals surface area contributed by atoms with Gasteiger partial charge in [-0.2, -0.15) is 0 Å². The van der Waals surface area contributed by atoms with E-state index >= 15 is 0 Å². The Morgan fingerprint density at radius 1 is 1.23 bits per heavy atom. The molecule has 0 saturated carbocycles. The van der Waals surface area contributed by atoms with Gasteiger partial charge in [-0.1, -0.05) is 53.6 Å². The highest BCUT2D eigenvalue weighted by Crippen LogP contribution is 2.22. The molecule has 1 heterocycles. The molecule has 114 valence electrons. The zero-order valence-electron chi connectivity index (χ0n) is 12.6. The first-order chi connectivity index (χ1) is 10.7. The molecule has 0 aromatic heterocycles. The summed E-state index contributed by atoms with van der Waals surface area (Å²) in [6.07, 6.45) is 0.890. The van der Waals surface area contributed by atoms with Gasteiger partial charge in [0, 0.05) is 11.6 Å². The molecule has 22 heavy (non-hydrogen) atoms. The molecule has 1 aliphatic rings. The molecule has 0 radical (unpaired) electrons. The molecule has 0 amide bonds. The maximum atomic E-state index is 6.16. The molecule has 2 N–H and O–H groups in total. The molecule has 1 atom stereocenters. The van der Waals surface area contributed by atoms with E-state index < -0.39 is 0 Å². The molecule has 0 aliphatic carbocycles. The molecule has 0 spiro atoms. The van der Waals surface area contributed by atoms with E-state index in [0.717, 1.165) is 30.5 Å². The number of halogens is 1. The molecule has 0 fully saturated rings. The zero-order chi connectivity index (χ0) is 15.4. The SMILES string of the molecule is Cc1ccc(CC(NC2=NCCN2)c2cccc(Cl)c2)cc1. The first kappa shape index (κ1) is 14.9. The van der Waals surface area contributed by atoms with Crippen molar-refractivity contribution >= 4 is 17.6 Å². The summed E-state index contributed by atoms with van der Waals surface area (Å²) in [4.78, 5) is 4.44. The molecule has 1 aliphatic heterocycles. The van der Waals surface area contributed by atoms with Crippen molar-refractivity contribution in [1.82, 2.24) is 10.6 Å². The first-order valence-electron chi connectivity index (χ1n) is 7.56. The second-order valence-electron chi connectivity index (χ2n) is 5.60. The Labute approximate surface area is 136 Å². The molecular weight excluding hydrogens is 294 g/mol. The monoisotopic (exact) mass is 313 g/mol. The van der Waals surface area contributed by atoms with Crippen molar-refractivity contribution in [3.8, 4) is 0 Å². The molecule has 1 unspecified atom stereocenters. The molecule has 4 heteroatoms. The maximum Gasteiger partial charge on any atom is 0.191 e. The topological polar surface area (TPSA) is 36.4 Å². The van der Waals surface area contributed by atoms with Crippen molar-refractivity contribution in [2.75, 3.05) is 13.1 Å². The van der Waals surface area contributed by atoms with Gasteiger partial charge in [-0.05, 0) is 36.6 Å². The lowest BCUT2D eigenvalue weighted by Crippen LogP contribution is -2.37. The van der Waals surface area contributed by atoms with Gasteiger partial charge >= 0.3 is 0 Å². The lowest BCUT2D eigenvalue weighted by molar-refractivity contribution is 0.634. The normalized spacial score (nSPS) is 15.1. The molecule has 0 saturated heterocycles. The number of hydrogen-bond acceptors (Lipinski definition) is 3. The van der Waals surface area contributed by atoms with Crippen LogP contribution in [0.3, 0.4) is 0 Å². The summed E-state index contributed by atoms with van der Waals surface area (Å²) in [7, 11) is 0. The van der Waals surface area contributed by atoms with Gasteiger partial charge in [0.15, 0.2) is 5.96 Å². The summed E-state index contributed by atoms with van der Waals surface area (Å²) in [5, 5.41) is 7.53. The molecule has 0 bridgehead atoms. The third kappa shape index (κ3) is 3.80. The van der Waals surface area contributed by atoms with Crippen molar-refractivity contribution in [3.05, 3.63) is 70.2 Å². The van der Waals surface area contributed by atoms with Crippen molar-refractivity contribution in [1.29, 1.82) is 0 Å². The number of nitrogens with zero attached hydrogens (tertiary/aromatic N) is 1. The number of nitrogens with one attached hydrogen (secondary N) is 2. The van der Waals surface area contributed by atoms with Crippen LogP contribution in [0.15, 0.2) is 53.5 Å². The fraction of sp³-hybridized carbons (Fsp3) is 0.278. The van der Waals surface area contributed by atoms with Gasteiger partial charge in [0.05, 0.1) is 12.6 Å². The van der Waals surface area contributed by atoms with E-state index in [1.165, 1.54) is 16.7 Å². The summed E-state index contributed by atoms with van der Waals surface area (Å²) >= 11 is 6.16. The molecule has 3 rings (SSSR count). The highest BCUT2D eigenvalue weighted by molar-refractivity contribution is 6.30. The lowest BCUT2D eigenvalue weighted by atomic mass is 9.98. The molecule has 2 aromatic rings. The number of hydrogen-bond donors (Lipinski definition) is 2. The minimum Gasteiger partial charge on any atom is -0.355 e. The van der Waals surface area contributed by atoms with Crippen LogP contribution in [0.25, 0.3) is 0 Å². The van der Waals surface area contributed by atoms with Crippen LogP contribution in [0.2, 0.25) is 5.02 Å². The average Bonchev–Trinajstić information content (AvgIpc) is 3.02. The average molecular weight is 314 g/mol. The highest BCUT2D eigenvalue weighted by atomic mass is 35.5. The predicted molar refractivity (Wildman–Crippen MR) is 92.5 cm³/mol. The largest absolute Gasteiger partial charge is 0.355 e.